The zero-order chi connectivity index (χ0) is 15.3. The number of rotatable bonds is 6. The van der Waals surface area contributed by atoms with Crippen LogP contribution in [0, 0.1) is 5.92 Å². The van der Waals surface area contributed by atoms with E-state index in [9.17, 15) is 14.7 Å². The molecule has 1 heterocycles. The van der Waals surface area contributed by atoms with Crippen LogP contribution in [0.4, 0.5) is 4.79 Å². The van der Waals surface area contributed by atoms with Gasteiger partial charge >= 0.3 is 12.0 Å². The van der Waals surface area contributed by atoms with E-state index in [1.165, 1.54) is 0 Å². The van der Waals surface area contributed by atoms with Gasteiger partial charge in [-0.15, -0.1) is 0 Å². The number of ether oxygens (including phenoxy) is 2. The smallest absolute Gasteiger partial charge is 0.320 e. The van der Waals surface area contributed by atoms with Crippen LogP contribution in [0.2, 0.25) is 0 Å². The second-order valence-corrected chi connectivity index (χ2v) is 5.03. The van der Waals surface area contributed by atoms with Crippen molar-refractivity contribution < 1.29 is 24.2 Å². The van der Waals surface area contributed by atoms with E-state index in [1.54, 1.807) is 24.0 Å². The predicted molar refractivity (Wildman–Crippen MR) is 72.6 cm³/mol. The molecule has 1 fully saturated rings. The maximum Gasteiger partial charge on any atom is 0.320 e. The number of hydrogen-bond donors (Lipinski definition) is 1. The minimum Gasteiger partial charge on any atom is -0.481 e. The number of aliphatic carboxylic acids is 1. The van der Waals surface area contributed by atoms with Crippen LogP contribution in [0.5, 0.6) is 0 Å². The standard InChI is InChI=1S/C13H24N2O5/c1-5-15(11-8-20-7-10(11)12(16)17)13(18)14(3)9(2)6-19-4/h9-11H,5-8H2,1-4H3,(H,16,17). The van der Waals surface area contributed by atoms with Gasteiger partial charge in [0.1, 0.15) is 5.92 Å². The lowest BCUT2D eigenvalue weighted by Gasteiger charge is -2.35. The largest absolute Gasteiger partial charge is 0.481 e. The molecule has 7 heteroatoms. The SMILES string of the molecule is CCN(C(=O)N(C)C(C)COC)C1COCC1C(=O)O. The van der Waals surface area contributed by atoms with Gasteiger partial charge in [0.25, 0.3) is 0 Å². The third kappa shape index (κ3) is 3.61. The molecule has 1 aliphatic rings. The lowest BCUT2D eigenvalue weighted by Crippen LogP contribution is -2.53. The first-order chi connectivity index (χ1) is 9.43. The fraction of sp³-hybridized carbons (Fsp3) is 0.846. The summed E-state index contributed by atoms with van der Waals surface area (Å²) in [6.07, 6.45) is 0. The zero-order valence-corrected chi connectivity index (χ0v) is 12.5. The molecular formula is C13H24N2O5. The quantitative estimate of drug-likeness (QED) is 0.769. The Hall–Kier alpha value is -1.34. The molecule has 0 spiro atoms. The van der Waals surface area contributed by atoms with Crippen LogP contribution in [0.15, 0.2) is 0 Å². The molecule has 3 atom stereocenters. The molecule has 116 valence electrons. The molecule has 3 unspecified atom stereocenters. The Labute approximate surface area is 119 Å². The maximum absolute atomic E-state index is 12.5. The lowest BCUT2D eigenvalue weighted by molar-refractivity contribution is -0.142. The summed E-state index contributed by atoms with van der Waals surface area (Å²) in [6, 6.07) is -0.687. The highest BCUT2D eigenvalue weighted by molar-refractivity contribution is 5.77. The van der Waals surface area contributed by atoms with Gasteiger partial charge in [-0.2, -0.15) is 0 Å². The second-order valence-electron chi connectivity index (χ2n) is 5.03. The molecule has 20 heavy (non-hydrogen) atoms. The van der Waals surface area contributed by atoms with Crippen LogP contribution in [-0.4, -0.2) is 79.5 Å². The van der Waals surface area contributed by atoms with E-state index in [0.717, 1.165) is 0 Å². The Kier molecular flexibility index (Phi) is 6.22. The van der Waals surface area contributed by atoms with E-state index in [0.29, 0.717) is 13.2 Å². The first-order valence-electron chi connectivity index (χ1n) is 6.76. The number of carbonyl (C=O) groups is 2. The molecule has 0 bridgehead atoms. The Balaban J connectivity index is 2.79. The van der Waals surface area contributed by atoms with Crippen LogP contribution < -0.4 is 0 Å². The van der Waals surface area contributed by atoms with Gasteiger partial charge in [-0.05, 0) is 13.8 Å². The van der Waals surface area contributed by atoms with Crippen LogP contribution in [0.25, 0.3) is 0 Å². The summed E-state index contributed by atoms with van der Waals surface area (Å²) in [5.41, 5.74) is 0. The van der Waals surface area contributed by atoms with Gasteiger partial charge in [0, 0.05) is 20.7 Å². The fourth-order valence-electron chi connectivity index (χ4n) is 2.34. The number of urea groups is 1. The van der Waals surface area contributed by atoms with Crippen LogP contribution in [0.1, 0.15) is 13.8 Å². The monoisotopic (exact) mass is 288 g/mol. The number of amides is 2. The molecule has 1 saturated heterocycles. The zero-order valence-electron chi connectivity index (χ0n) is 12.5. The highest BCUT2D eigenvalue weighted by atomic mass is 16.5. The molecule has 1 aliphatic heterocycles. The molecule has 0 saturated carbocycles. The predicted octanol–water partition coefficient (Wildman–Crippen LogP) is 0.495. The number of carboxylic acid groups (broad SMARTS) is 1. The molecule has 2 amide bonds. The van der Waals surface area contributed by atoms with Gasteiger partial charge in [-0.3, -0.25) is 4.79 Å². The van der Waals surface area contributed by atoms with E-state index < -0.39 is 17.9 Å². The molecular weight excluding hydrogens is 264 g/mol. The maximum atomic E-state index is 12.5. The summed E-state index contributed by atoms with van der Waals surface area (Å²) >= 11 is 0. The van der Waals surface area contributed by atoms with E-state index in [2.05, 4.69) is 0 Å². The lowest BCUT2D eigenvalue weighted by atomic mass is 10.0. The van der Waals surface area contributed by atoms with E-state index >= 15 is 0 Å². The van der Waals surface area contributed by atoms with Crippen molar-refractivity contribution in [2.45, 2.75) is 25.9 Å². The van der Waals surface area contributed by atoms with Gasteiger partial charge in [-0.1, -0.05) is 0 Å². The fourth-order valence-corrected chi connectivity index (χ4v) is 2.34. The number of likely N-dealkylation sites (N-methyl/N-ethyl adjacent to an activating group) is 2. The van der Waals surface area contributed by atoms with Gasteiger partial charge in [0.05, 0.1) is 31.9 Å². The first-order valence-corrected chi connectivity index (χ1v) is 6.76. The topological polar surface area (TPSA) is 79.3 Å². The van der Waals surface area contributed by atoms with E-state index in [1.807, 2.05) is 13.8 Å². The average molecular weight is 288 g/mol. The Bertz CT molecular complexity index is 350. The molecule has 7 nitrogen and oxygen atoms in total. The van der Waals surface area contributed by atoms with Crippen molar-refractivity contribution >= 4 is 12.0 Å². The van der Waals surface area contributed by atoms with Gasteiger partial charge in [0.15, 0.2) is 0 Å². The summed E-state index contributed by atoms with van der Waals surface area (Å²) in [5, 5.41) is 9.19. The number of carboxylic acids is 1. The summed E-state index contributed by atoms with van der Waals surface area (Å²) < 4.78 is 10.3. The molecule has 0 aromatic rings. The normalized spacial score (nSPS) is 23.4. The number of carbonyl (C=O) groups excluding carboxylic acids is 1. The van der Waals surface area contributed by atoms with Crippen LogP contribution in [0.3, 0.4) is 0 Å². The Morgan fingerprint density at radius 2 is 2.10 bits per heavy atom. The highest BCUT2D eigenvalue weighted by Gasteiger charge is 2.40. The molecule has 1 rings (SSSR count). The minimum atomic E-state index is -0.925. The number of hydrogen-bond acceptors (Lipinski definition) is 4. The van der Waals surface area contributed by atoms with Crippen molar-refractivity contribution in [3.63, 3.8) is 0 Å². The molecule has 0 aliphatic carbocycles. The highest BCUT2D eigenvalue weighted by Crippen LogP contribution is 2.21. The van der Waals surface area contributed by atoms with Gasteiger partial charge in [0.2, 0.25) is 0 Å². The van der Waals surface area contributed by atoms with Crippen molar-refractivity contribution in [1.29, 1.82) is 0 Å². The summed E-state index contributed by atoms with van der Waals surface area (Å²) in [4.78, 5) is 26.8. The van der Waals surface area contributed by atoms with E-state index in [-0.39, 0.29) is 25.3 Å². The average Bonchev–Trinajstić information content (AvgIpc) is 2.88. The summed E-state index contributed by atoms with van der Waals surface area (Å²) in [7, 11) is 3.28. The van der Waals surface area contributed by atoms with E-state index in [4.69, 9.17) is 9.47 Å². The summed E-state index contributed by atoms with van der Waals surface area (Å²) in [5.74, 6) is -1.59. The van der Waals surface area contributed by atoms with Crippen molar-refractivity contribution in [2.75, 3.05) is 40.5 Å². The third-order valence-corrected chi connectivity index (χ3v) is 3.73. The molecule has 0 aromatic heterocycles. The van der Waals surface area contributed by atoms with Crippen LogP contribution >= 0.6 is 0 Å². The van der Waals surface area contributed by atoms with Crippen molar-refractivity contribution in [3.8, 4) is 0 Å². The van der Waals surface area contributed by atoms with Gasteiger partial charge in [-0.25, -0.2) is 4.79 Å². The minimum absolute atomic E-state index is 0.0767. The molecule has 0 radical (unpaired) electrons. The van der Waals surface area contributed by atoms with Crippen molar-refractivity contribution in [1.82, 2.24) is 9.80 Å². The second kappa shape index (κ2) is 7.44. The Morgan fingerprint density at radius 3 is 2.60 bits per heavy atom. The van der Waals surface area contributed by atoms with Crippen LogP contribution in [-0.2, 0) is 14.3 Å². The van der Waals surface area contributed by atoms with Gasteiger partial charge < -0.3 is 24.4 Å². The number of nitrogens with zero attached hydrogens (tertiary/aromatic N) is 2. The number of methoxy groups -OCH3 is 1. The summed E-state index contributed by atoms with van der Waals surface area (Å²) in [6.45, 7) is 5.02. The molecule has 0 aromatic carbocycles. The third-order valence-electron chi connectivity index (χ3n) is 3.73. The van der Waals surface area contributed by atoms with Crippen molar-refractivity contribution in [3.05, 3.63) is 0 Å². The first kappa shape index (κ1) is 16.7. The Morgan fingerprint density at radius 1 is 1.45 bits per heavy atom. The molecule has 1 N–H and O–H groups in total. The van der Waals surface area contributed by atoms with Crippen molar-refractivity contribution in [2.24, 2.45) is 5.92 Å².